The van der Waals surface area contributed by atoms with Crippen molar-refractivity contribution in [2.75, 3.05) is 0 Å². The molecule has 3 rings (SSSR count). The van der Waals surface area contributed by atoms with E-state index in [0.29, 0.717) is 17.9 Å². The van der Waals surface area contributed by atoms with Crippen molar-refractivity contribution in [2.24, 2.45) is 5.73 Å². The lowest BCUT2D eigenvalue weighted by Crippen LogP contribution is -2.44. The Morgan fingerprint density at radius 1 is 1.14 bits per heavy atom. The molecular weight excluding hydrogens is 281 g/mol. The highest BCUT2D eigenvalue weighted by Crippen LogP contribution is 2.31. The number of nitrogens with two attached hydrogens (primary N) is 1. The van der Waals surface area contributed by atoms with E-state index in [-0.39, 0.29) is 5.54 Å². The third kappa shape index (κ3) is 2.88. The van der Waals surface area contributed by atoms with Gasteiger partial charge < -0.3 is 5.73 Å². The Morgan fingerprint density at radius 2 is 1.86 bits per heavy atom. The predicted molar refractivity (Wildman–Crippen MR) is 71.7 cm³/mol. The van der Waals surface area contributed by atoms with Crippen molar-refractivity contribution in [3.05, 3.63) is 29.7 Å². The third-order valence-corrected chi connectivity index (χ3v) is 4.16. The molecule has 1 aliphatic rings. The van der Waals surface area contributed by atoms with Crippen LogP contribution in [0.3, 0.4) is 0 Å². The zero-order valence-corrected chi connectivity index (χ0v) is 11.5. The van der Waals surface area contributed by atoms with Crippen LogP contribution in [0.4, 0.5) is 13.2 Å². The second-order valence-corrected chi connectivity index (χ2v) is 5.86. The minimum absolute atomic E-state index is 0.380. The summed E-state index contributed by atoms with van der Waals surface area (Å²) in [6, 6.07) is 2.36. The number of halogens is 3. The summed E-state index contributed by atoms with van der Waals surface area (Å²) in [6.45, 7) is 0. The van der Waals surface area contributed by atoms with E-state index >= 15 is 0 Å². The number of rotatable bonds is 2. The van der Waals surface area contributed by atoms with Gasteiger partial charge in [0.1, 0.15) is 5.82 Å². The van der Waals surface area contributed by atoms with E-state index in [1.54, 1.807) is 0 Å². The summed E-state index contributed by atoms with van der Waals surface area (Å²) in [4.78, 5) is 0. The lowest BCUT2D eigenvalue weighted by molar-refractivity contribution is -0.137. The third-order valence-electron chi connectivity index (χ3n) is 4.16. The Morgan fingerprint density at radius 3 is 2.52 bits per heavy atom. The van der Waals surface area contributed by atoms with Gasteiger partial charge in [0.05, 0.1) is 5.56 Å². The average molecular weight is 298 g/mol. The molecule has 0 amide bonds. The van der Waals surface area contributed by atoms with Crippen LogP contribution in [0, 0.1) is 0 Å². The van der Waals surface area contributed by atoms with Crippen LogP contribution in [0.1, 0.15) is 43.5 Å². The maximum absolute atomic E-state index is 12.8. The molecule has 114 valence electrons. The van der Waals surface area contributed by atoms with E-state index in [9.17, 15) is 13.2 Å². The number of fused-ring (bicyclic) bond motifs is 1. The quantitative estimate of drug-likeness (QED) is 0.927. The molecule has 0 aromatic carbocycles. The van der Waals surface area contributed by atoms with Gasteiger partial charge in [0.15, 0.2) is 5.65 Å². The van der Waals surface area contributed by atoms with Crippen molar-refractivity contribution in [3.63, 3.8) is 0 Å². The first kappa shape index (κ1) is 14.3. The summed E-state index contributed by atoms with van der Waals surface area (Å²) < 4.78 is 39.8. The first-order chi connectivity index (χ1) is 9.87. The zero-order valence-electron chi connectivity index (χ0n) is 11.5. The lowest BCUT2D eigenvalue weighted by atomic mass is 9.80. The molecule has 2 aromatic rings. The molecule has 2 N–H and O–H groups in total. The Balaban J connectivity index is 1.95. The van der Waals surface area contributed by atoms with E-state index in [2.05, 4.69) is 10.2 Å². The molecule has 0 radical (unpaired) electrons. The fourth-order valence-electron chi connectivity index (χ4n) is 2.97. The largest absolute Gasteiger partial charge is 0.417 e. The van der Waals surface area contributed by atoms with E-state index in [1.165, 1.54) is 10.5 Å². The smallest absolute Gasteiger partial charge is 0.325 e. The van der Waals surface area contributed by atoms with Gasteiger partial charge in [-0.25, -0.2) is 0 Å². The van der Waals surface area contributed by atoms with Crippen LogP contribution < -0.4 is 5.73 Å². The van der Waals surface area contributed by atoms with Crippen LogP contribution in [0.5, 0.6) is 0 Å². The maximum Gasteiger partial charge on any atom is 0.417 e. The number of pyridine rings is 1. The van der Waals surface area contributed by atoms with Gasteiger partial charge in [-0.15, -0.1) is 10.2 Å². The molecule has 21 heavy (non-hydrogen) atoms. The van der Waals surface area contributed by atoms with Crippen LogP contribution >= 0.6 is 0 Å². The number of nitrogens with zero attached hydrogens (tertiary/aromatic N) is 3. The van der Waals surface area contributed by atoms with Crippen molar-refractivity contribution < 1.29 is 13.2 Å². The van der Waals surface area contributed by atoms with E-state index in [4.69, 9.17) is 5.73 Å². The van der Waals surface area contributed by atoms with Crippen molar-refractivity contribution in [2.45, 2.75) is 50.2 Å². The zero-order chi connectivity index (χ0) is 15.1. The number of hydrogen-bond acceptors (Lipinski definition) is 3. The Bertz CT molecular complexity index is 641. The van der Waals surface area contributed by atoms with Crippen LogP contribution in [-0.4, -0.2) is 20.1 Å². The van der Waals surface area contributed by atoms with Gasteiger partial charge in [-0.1, -0.05) is 19.3 Å². The van der Waals surface area contributed by atoms with Crippen LogP contribution in [0.2, 0.25) is 0 Å². The van der Waals surface area contributed by atoms with E-state index in [0.717, 1.165) is 44.4 Å². The van der Waals surface area contributed by atoms with Gasteiger partial charge in [-0.2, -0.15) is 13.2 Å². The molecule has 0 unspecified atom stereocenters. The van der Waals surface area contributed by atoms with Gasteiger partial charge in [0.25, 0.3) is 0 Å². The van der Waals surface area contributed by atoms with Gasteiger partial charge in [0.2, 0.25) is 0 Å². The summed E-state index contributed by atoms with van der Waals surface area (Å²) in [5.41, 5.74) is 5.69. The van der Waals surface area contributed by atoms with Crippen molar-refractivity contribution in [3.8, 4) is 0 Å². The summed E-state index contributed by atoms with van der Waals surface area (Å²) in [7, 11) is 0. The average Bonchev–Trinajstić information content (AvgIpc) is 2.80. The summed E-state index contributed by atoms with van der Waals surface area (Å²) >= 11 is 0. The number of aromatic nitrogens is 3. The van der Waals surface area contributed by atoms with Gasteiger partial charge in [-0.3, -0.25) is 4.40 Å². The molecular formula is C14H17F3N4. The van der Waals surface area contributed by atoms with Crippen molar-refractivity contribution >= 4 is 5.65 Å². The molecule has 2 aromatic heterocycles. The molecule has 1 fully saturated rings. The fourth-order valence-corrected chi connectivity index (χ4v) is 2.97. The number of hydrogen-bond donors (Lipinski definition) is 1. The second-order valence-electron chi connectivity index (χ2n) is 5.86. The highest BCUT2D eigenvalue weighted by Gasteiger charge is 2.32. The van der Waals surface area contributed by atoms with Crippen LogP contribution in [0.15, 0.2) is 18.3 Å². The standard InChI is InChI=1S/C14H17F3N4/c15-14(16,17)10-4-5-11-19-20-12(21(11)9-10)8-13(18)6-2-1-3-7-13/h4-5,9H,1-3,6-8,18H2. The first-order valence-electron chi connectivity index (χ1n) is 7.07. The Kier molecular flexibility index (Phi) is 3.39. The minimum Gasteiger partial charge on any atom is -0.325 e. The second kappa shape index (κ2) is 4.98. The first-order valence-corrected chi connectivity index (χ1v) is 7.07. The topological polar surface area (TPSA) is 56.2 Å². The highest BCUT2D eigenvalue weighted by atomic mass is 19.4. The lowest BCUT2D eigenvalue weighted by Gasteiger charge is -2.32. The Labute approximate surface area is 120 Å². The monoisotopic (exact) mass is 298 g/mol. The highest BCUT2D eigenvalue weighted by molar-refractivity contribution is 5.40. The Hall–Kier alpha value is -1.63. The molecule has 1 aliphatic carbocycles. The molecule has 0 bridgehead atoms. The molecule has 4 nitrogen and oxygen atoms in total. The normalized spacial score (nSPS) is 19.0. The van der Waals surface area contributed by atoms with Gasteiger partial charge in [-0.05, 0) is 25.0 Å². The van der Waals surface area contributed by atoms with Crippen LogP contribution in [0.25, 0.3) is 5.65 Å². The maximum atomic E-state index is 12.8. The van der Waals surface area contributed by atoms with Crippen molar-refractivity contribution in [1.82, 2.24) is 14.6 Å². The molecule has 0 spiro atoms. The van der Waals surface area contributed by atoms with Gasteiger partial charge >= 0.3 is 6.18 Å². The molecule has 0 saturated heterocycles. The molecule has 7 heteroatoms. The molecule has 0 atom stereocenters. The van der Waals surface area contributed by atoms with E-state index in [1.807, 2.05) is 0 Å². The molecule has 0 aliphatic heterocycles. The fraction of sp³-hybridized carbons (Fsp3) is 0.571. The molecule has 2 heterocycles. The summed E-state index contributed by atoms with van der Waals surface area (Å²) in [5, 5.41) is 7.95. The van der Waals surface area contributed by atoms with Crippen molar-refractivity contribution in [1.29, 1.82) is 0 Å². The SMILES string of the molecule is NC1(Cc2nnc3ccc(C(F)(F)F)cn23)CCCCC1. The molecule has 1 saturated carbocycles. The summed E-state index contributed by atoms with van der Waals surface area (Å²) in [6.07, 6.45) is 2.16. The minimum atomic E-state index is -4.37. The van der Waals surface area contributed by atoms with E-state index < -0.39 is 11.7 Å². The van der Waals surface area contributed by atoms with Gasteiger partial charge in [0, 0.05) is 18.2 Å². The summed E-state index contributed by atoms with van der Waals surface area (Å²) in [5.74, 6) is 0.500. The van der Waals surface area contributed by atoms with Crippen LogP contribution in [-0.2, 0) is 12.6 Å². The predicted octanol–water partition coefficient (Wildman–Crippen LogP) is 2.95. The number of alkyl halides is 3.